The standard InChI is InChI=1S/C22H19ClN2O4S/c1-13(2)14-3-7-17(8-4-14)30(27,28)25-16-6-10-20-18(12-16)22(26)24-19-11-15(23)5-9-21(19)29-20/h3-13,25H,1-2H3,(H,24,26). The first-order chi connectivity index (χ1) is 14.2. The van der Waals surface area contributed by atoms with Crippen molar-refractivity contribution in [1.29, 1.82) is 0 Å². The third kappa shape index (κ3) is 3.99. The molecule has 1 amide bonds. The fourth-order valence-corrected chi connectivity index (χ4v) is 4.32. The Hall–Kier alpha value is -3.03. The molecule has 1 heterocycles. The average molecular weight is 443 g/mol. The molecule has 1 aliphatic rings. The molecule has 8 heteroatoms. The van der Waals surface area contributed by atoms with Gasteiger partial charge < -0.3 is 10.1 Å². The van der Waals surface area contributed by atoms with Crippen LogP contribution in [0.3, 0.4) is 0 Å². The Morgan fingerprint density at radius 3 is 2.37 bits per heavy atom. The van der Waals surface area contributed by atoms with Crippen LogP contribution in [0.1, 0.15) is 35.7 Å². The summed E-state index contributed by atoms with van der Waals surface area (Å²) in [5.74, 6) is 0.646. The fourth-order valence-electron chi connectivity index (χ4n) is 3.10. The molecule has 0 saturated carbocycles. The number of carbonyl (C=O) groups excluding carboxylic acids is 1. The van der Waals surface area contributed by atoms with Gasteiger partial charge in [-0.05, 0) is 60.0 Å². The Balaban J connectivity index is 1.62. The molecule has 0 saturated heterocycles. The molecule has 0 radical (unpaired) electrons. The molecule has 0 fully saturated rings. The van der Waals surface area contributed by atoms with Crippen LogP contribution in [0.5, 0.6) is 11.5 Å². The van der Waals surface area contributed by atoms with Crippen molar-refractivity contribution >= 4 is 38.9 Å². The Bertz CT molecular complexity index is 1240. The summed E-state index contributed by atoms with van der Waals surface area (Å²) in [6, 6.07) is 16.2. The van der Waals surface area contributed by atoms with Crippen molar-refractivity contribution in [3.05, 3.63) is 76.8 Å². The fraction of sp³-hybridized carbons (Fsp3) is 0.136. The lowest BCUT2D eigenvalue weighted by Crippen LogP contribution is -2.15. The summed E-state index contributed by atoms with van der Waals surface area (Å²) in [7, 11) is -3.81. The van der Waals surface area contributed by atoms with Gasteiger partial charge in [0.05, 0.1) is 16.1 Å². The monoisotopic (exact) mass is 442 g/mol. The van der Waals surface area contributed by atoms with E-state index in [2.05, 4.69) is 10.0 Å². The van der Waals surface area contributed by atoms with E-state index < -0.39 is 15.9 Å². The van der Waals surface area contributed by atoms with E-state index in [9.17, 15) is 13.2 Å². The number of carbonyl (C=O) groups is 1. The van der Waals surface area contributed by atoms with Crippen molar-refractivity contribution < 1.29 is 17.9 Å². The number of anilines is 2. The predicted molar refractivity (Wildman–Crippen MR) is 117 cm³/mol. The van der Waals surface area contributed by atoms with Crippen molar-refractivity contribution in [3.63, 3.8) is 0 Å². The number of hydrogen-bond donors (Lipinski definition) is 2. The number of sulfonamides is 1. The van der Waals surface area contributed by atoms with Crippen molar-refractivity contribution in [3.8, 4) is 11.5 Å². The number of nitrogens with one attached hydrogen (secondary N) is 2. The quantitative estimate of drug-likeness (QED) is 0.549. The van der Waals surface area contributed by atoms with Gasteiger partial charge in [0, 0.05) is 10.7 Å². The van der Waals surface area contributed by atoms with Crippen LogP contribution in [0.2, 0.25) is 5.02 Å². The minimum atomic E-state index is -3.81. The molecule has 4 rings (SSSR count). The Kier molecular flexibility index (Phi) is 5.17. The molecule has 6 nitrogen and oxygen atoms in total. The number of halogens is 1. The van der Waals surface area contributed by atoms with E-state index in [1.807, 2.05) is 13.8 Å². The molecule has 3 aromatic rings. The molecule has 0 aliphatic carbocycles. The normalized spacial score (nSPS) is 13.0. The highest BCUT2D eigenvalue weighted by atomic mass is 35.5. The summed E-state index contributed by atoms with van der Waals surface area (Å²) in [5.41, 5.74) is 1.95. The molecular formula is C22H19ClN2O4S. The highest BCUT2D eigenvalue weighted by Gasteiger charge is 2.23. The highest BCUT2D eigenvalue weighted by Crippen LogP contribution is 2.38. The van der Waals surface area contributed by atoms with Crippen LogP contribution < -0.4 is 14.8 Å². The maximum Gasteiger partial charge on any atom is 0.261 e. The van der Waals surface area contributed by atoms with E-state index in [1.165, 1.54) is 6.07 Å². The Morgan fingerprint density at radius 1 is 0.967 bits per heavy atom. The molecule has 2 N–H and O–H groups in total. The molecule has 0 aromatic heterocycles. The zero-order valence-corrected chi connectivity index (χ0v) is 17.8. The lowest BCUT2D eigenvalue weighted by Gasteiger charge is -2.12. The van der Waals surface area contributed by atoms with E-state index >= 15 is 0 Å². The molecule has 30 heavy (non-hydrogen) atoms. The zero-order valence-electron chi connectivity index (χ0n) is 16.3. The lowest BCUT2D eigenvalue weighted by atomic mass is 10.0. The second-order valence-electron chi connectivity index (χ2n) is 7.24. The molecule has 0 unspecified atom stereocenters. The smallest absolute Gasteiger partial charge is 0.261 e. The van der Waals surface area contributed by atoms with Gasteiger partial charge in [0.15, 0.2) is 5.75 Å². The number of amides is 1. The van der Waals surface area contributed by atoms with Gasteiger partial charge in [0.25, 0.3) is 15.9 Å². The third-order valence-electron chi connectivity index (χ3n) is 4.74. The van der Waals surface area contributed by atoms with Crippen molar-refractivity contribution in [2.24, 2.45) is 0 Å². The summed E-state index contributed by atoms with van der Waals surface area (Å²) >= 11 is 5.99. The third-order valence-corrected chi connectivity index (χ3v) is 6.38. The van der Waals surface area contributed by atoms with Gasteiger partial charge in [-0.25, -0.2) is 8.42 Å². The van der Waals surface area contributed by atoms with Crippen LogP contribution in [-0.2, 0) is 10.0 Å². The van der Waals surface area contributed by atoms with Crippen LogP contribution in [-0.4, -0.2) is 14.3 Å². The molecule has 0 bridgehead atoms. The van der Waals surface area contributed by atoms with E-state index in [0.717, 1.165) is 5.56 Å². The van der Waals surface area contributed by atoms with E-state index in [4.69, 9.17) is 16.3 Å². The van der Waals surface area contributed by atoms with Gasteiger partial charge in [-0.15, -0.1) is 0 Å². The SMILES string of the molecule is CC(C)c1ccc(S(=O)(=O)Nc2ccc3c(c2)C(=O)Nc2cc(Cl)ccc2O3)cc1. The molecule has 0 atom stereocenters. The zero-order chi connectivity index (χ0) is 21.5. The van der Waals surface area contributed by atoms with Gasteiger partial charge in [0.1, 0.15) is 5.75 Å². The van der Waals surface area contributed by atoms with Crippen molar-refractivity contribution in [1.82, 2.24) is 0 Å². The van der Waals surface area contributed by atoms with Gasteiger partial charge in [-0.2, -0.15) is 0 Å². The van der Waals surface area contributed by atoms with E-state index in [-0.39, 0.29) is 16.1 Å². The molecule has 3 aromatic carbocycles. The summed E-state index contributed by atoms with van der Waals surface area (Å²) < 4.78 is 33.9. The largest absolute Gasteiger partial charge is 0.454 e. The first-order valence-electron chi connectivity index (χ1n) is 9.28. The van der Waals surface area contributed by atoms with E-state index in [0.29, 0.717) is 28.1 Å². The van der Waals surface area contributed by atoms with Gasteiger partial charge in [0.2, 0.25) is 0 Å². The Labute approximate surface area is 179 Å². The van der Waals surface area contributed by atoms with Crippen LogP contribution in [0.15, 0.2) is 65.6 Å². The Morgan fingerprint density at radius 2 is 1.67 bits per heavy atom. The van der Waals surface area contributed by atoms with Gasteiger partial charge in [-0.3, -0.25) is 9.52 Å². The summed E-state index contributed by atoms with van der Waals surface area (Å²) in [4.78, 5) is 12.8. The van der Waals surface area contributed by atoms with E-state index in [1.54, 1.807) is 54.6 Å². The predicted octanol–water partition coefficient (Wildman–Crippen LogP) is 5.62. The number of rotatable bonds is 4. The van der Waals surface area contributed by atoms with Gasteiger partial charge in [-0.1, -0.05) is 37.6 Å². The molecule has 0 spiro atoms. The summed E-state index contributed by atoms with van der Waals surface area (Å²) in [6.07, 6.45) is 0. The van der Waals surface area contributed by atoms with Crippen LogP contribution >= 0.6 is 11.6 Å². The second-order valence-corrected chi connectivity index (χ2v) is 9.36. The molecule has 1 aliphatic heterocycles. The number of fused-ring (bicyclic) bond motifs is 2. The van der Waals surface area contributed by atoms with Crippen LogP contribution in [0.4, 0.5) is 11.4 Å². The average Bonchev–Trinajstić information content (AvgIpc) is 2.83. The number of benzene rings is 3. The topological polar surface area (TPSA) is 84.5 Å². The number of ether oxygens (including phenoxy) is 1. The van der Waals surface area contributed by atoms with Crippen molar-refractivity contribution in [2.45, 2.75) is 24.7 Å². The second kappa shape index (κ2) is 7.66. The van der Waals surface area contributed by atoms with Gasteiger partial charge >= 0.3 is 0 Å². The minimum absolute atomic E-state index is 0.143. The minimum Gasteiger partial charge on any atom is -0.454 e. The number of hydrogen-bond acceptors (Lipinski definition) is 4. The summed E-state index contributed by atoms with van der Waals surface area (Å²) in [5, 5.41) is 3.19. The lowest BCUT2D eigenvalue weighted by molar-refractivity contribution is 0.102. The molecule has 154 valence electrons. The van der Waals surface area contributed by atoms with Crippen LogP contribution in [0.25, 0.3) is 0 Å². The maximum absolute atomic E-state index is 12.8. The van der Waals surface area contributed by atoms with Crippen molar-refractivity contribution in [2.75, 3.05) is 10.0 Å². The first kappa shape index (κ1) is 20.3. The maximum atomic E-state index is 12.8. The first-order valence-corrected chi connectivity index (χ1v) is 11.1. The highest BCUT2D eigenvalue weighted by molar-refractivity contribution is 7.92. The van der Waals surface area contributed by atoms with Crippen LogP contribution in [0, 0.1) is 0 Å². The molecular weight excluding hydrogens is 424 g/mol. The summed E-state index contributed by atoms with van der Waals surface area (Å²) in [6.45, 7) is 4.08.